The quantitative estimate of drug-likeness (QED) is 0.800. The molecule has 0 aliphatic carbocycles. The second-order valence-electron chi connectivity index (χ2n) is 3.29. The van der Waals surface area contributed by atoms with Gasteiger partial charge in [0.25, 0.3) is 0 Å². The molecular weight excluding hydrogens is 198 g/mol. The highest BCUT2D eigenvalue weighted by molar-refractivity contribution is 5.63. The Bertz CT molecular complexity index is 255. The first-order chi connectivity index (χ1) is 7.64. The van der Waals surface area contributed by atoms with Gasteiger partial charge in [-0.15, -0.1) is 0 Å². The summed E-state index contributed by atoms with van der Waals surface area (Å²) in [4.78, 5) is 10.5. The van der Waals surface area contributed by atoms with E-state index >= 15 is 0 Å². The Balaban J connectivity index is 0. The van der Waals surface area contributed by atoms with E-state index in [2.05, 4.69) is 0 Å². The average molecular weight is 223 g/mol. The van der Waals surface area contributed by atoms with E-state index in [1.54, 1.807) is 6.92 Å². The molecule has 1 aromatic carbocycles. The third kappa shape index (κ3) is 8.18. The van der Waals surface area contributed by atoms with Gasteiger partial charge in [-0.25, -0.2) is 0 Å². The molecule has 2 N–H and O–H groups in total. The number of rotatable bonds is 3. The van der Waals surface area contributed by atoms with Crippen molar-refractivity contribution in [2.45, 2.75) is 46.6 Å². The molecule has 0 heterocycles. The van der Waals surface area contributed by atoms with Crippen LogP contribution in [0.1, 0.15) is 40.2 Å². The van der Waals surface area contributed by atoms with Gasteiger partial charge >= 0.3 is 0 Å². The van der Waals surface area contributed by atoms with Gasteiger partial charge in [-0.1, -0.05) is 58.0 Å². The number of nitrogens with two attached hydrogens (primary N) is 1. The second kappa shape index (κ2) is 10.4. The van der Waals surface area contributed by atoms with E-state index in [0.29, 0.717) is 6.42 Å². The molecule has 16 heavy (non-hydrogen) atoms. The maximum atomic E-state index is 10.5. The van der Waals surface area contributed by atoms with E-state index in [-0.39, 0.29) is 0 Å². The van der Waals surface area contributed by atoms with Crippen LogP contribution in [0.2, 0.25) is 0 Å². The van der Waals surface area contributed by atoms with E-state index in [0.717, 1.165) is 11.8 Å². The van der Waals surface area contributed by atoms with Crippen LogP contribution in [0, 0.1) is 0 Å². The molecule has 0 fully saturated rings. The van der Waals surface area contributed by atoms with Gasteiger partial charge in [0.1, 0.15) is 6.29 Å². The van der Waals surface area contributed by atoms with Gasteiger partial charge in [0.15, 0.2) is 0 Å². The van der Waals surface area contributed by atoms with Crippen molar-refractivity contribution in [2.75, 3.05) is 0 Å². The van der Waals surface area contributed by atoms with Gasteiger partial charge in [-0.3, -0.25) is 0 Å². The Morgan fingerprint density at radius 1 is 1.12 bits per heavy atom. The molecule has 0 bridgehead atoms. The fourth-order valence-electron chi connectivity index (χ4n) is 1.08. The fourth-order valence-corrected chi connectivity index (χ4v) is 1.08. The predicted molar refractivity (Wildman–Crippen MR) is 71.5 cm³/mol. The zero-order valence-corrected chi connectivity index (χ0v) is 11.2. The number of carbonyl (C=O) groups excluding carboxylic acids is 1. The molecule has 0 amide bonds. The van der Waals surface area contributed by atoms with Crippen LogP contribution in [0.25, 0.3) is 0 Å². The normalized spacial score (nSPS) is 12.1. The lowest BCUT2D eigenvalue weighted by Gasteiger charge is -2.16. The van der Waals surface area contributed by atoms with Crippen molar-refractivity contribution in [2.24, 2.45) is 5.73 Å². The highest BCUT2D eigenvalue weighted by Gasteiger charge is 2.16. The highest BCUT2D eigenvalue weighted by atomic mass is 16.1. The fraction of sp³-hybridized carbons (Fsp3) is 0.500. The van der Waals surface area contributed by atoms with Crippen LogP contribution in [-0.4, -0.2) is 11.8 Å². The Hall–Kier alpha value is -1.15. The first-order valence-corrected chi connectivity index (χ1v) is 5.93. The number of carbonyl (C=O) groups is 1. The van der Waals surface area contributed by atoms with Gasteiger partial charge in [-0.2, -0.15) is 0 Å². The molecule has 0 spiro atoms. The summed E-state index contributed by atoms with van der Waals surface area (Å²) in [6.45, 7) is 9.73. The number of benzene rings is 1. The smallest absolute Gasteiger partial charge is 0.139 e. The summed E-state index contributed by atoms with van der Waals surface area (Å²) in [7, 11) is 0. The highest BCUT2D eigenvalue weighted by Crippen LogP contribution is 2.07. The summed E-state index contributed by atoms with van der Waals surface area (Å²) in [6.07, 6.45) is 1.39. The van der Waals surface area contributed by atoms with Crippen molar-refractivity contribution in [3.05, 3.63) is 35.9 Å². The molecule has 2 nitrogen and oxygen atoms in total. The number of hydrogen-bond donors (Lipinski definition) is 1. The lowest BCUT2D eigenvalue weighted by atomic mass is 9.96. The minimum atomic E-state index is -0.735. The lowest BCUT2D eigenvalue weighted by molar-refractivity contribution is -0.111. The Labute approximate surface area is 99.9 Å². The molecule has 2 heteroatoms. The summed E-state index contributed by atoms with van der Waals surface area (Å²) >= 11 is 0. The second-order valence-corrected chi connectivity index (χ2v) is 3.29. The topological polar surface area (TPSA) is 43.1 Å². The van der Waals surface area contributed by atoms with E-state index in [4.69, 9.17) is 5.73 Å². The zero-order valence-electron chi connectivity index (χ0n) is 11.2. The first kappa shape index (κ1) is 17.3. The molecule has 0 radical (unpaired) electrons. The molecule has 0 saturated heterocycles. The summed E-state index contributed by atoms with van der Waals surface area (Å²) in [6, 6.07) is 9.76. The molecule has 1 unspecified atom stereocenters. The van der Waals surface area contributed by atoms with Crippen molar-refractivity contribution in [1.29, 1.82) is 0 Å². The average Bonchev–Trinajstić information content (AvgIpc) is 2.35. The maximum absolute atomic E-state index is 10.5. The van der Waals surface area contributed by atoms with Gasteiger partial charge in [-0.05, 0) is 18.9 Å². The van der Waals surface area contributed by atoms with Crippen LogP contribution in [0.4, 0.5) is 0 Å². The minimum Gasteiger partial charge on any atom is -0.319 e. The van der Waals surface area contributed by atoms with Crippen molar-refractivity contribution >= 4 is 6.29 Å². The van der Waals surface area contributed by atoms with Gasteiger partial charge in [0.2, 0.25) is 0 Å². The van der Waals surface area contributed by atoms with Crippen molar-refractivity contribution in [3.63, 3.8) is 0 Å². The van der Waals surface area contributed by atoms with Crippen LogP contribution in [0.3, 0.4) is 0 Å². The van der Waals surface area contributed by atoms with Crippen LogP contribution in [-0.2, 0) is 11.2 Å². The molecule has 1 aromatic rings. The van der Waals surface area contributed by atoms with Crippen molar-refractivity contribution < 1.29 is 4.79 Å². The van der Waals surface area contributed by atoms with E-state index < -0.39 is 5.54 Å². The van der Waals surface area contributed by atoms with Gasteiger partial charge in [0, 0.05) is 0 Å². The summed E-state index contributed by atoms with van der Waals surface area (Å²) in [5.41, 5.74) is 6.04. The summed E-state index contributed by atoms with van der Waals surface area (Å²) in [5.74, 6) is 0. The molecular formula is C14H25NO. The summed E-state index contributed by atoms with van der Waals surface area (Å²) < 4.78 is 0. The van der Waals surface area contributed by atoms with Crippen LogP contribution >= 0.6 is 0 Å². The van der Waals surface area contributed by atoms with Crippen LogP contribution < -0.4 is 5.73 Å². The largest absolute Gasteiger partial charge is 0.319 e. The molecule has 0 saturated carbocycles. The lowest BCUT2D eigenvalue weighted by Crippen LogP contribution is -2.40. The Morgan fingerprint density at radius 3 is 1.94 bits per heavy atom. The maximum Gasteiger partial charge on any atom is 0.139 e. The van der Waals surface area contributed by atoms with Crippen LogP contribution in [0.5, 0.6) is 0 Å². The minimum absolute atomic E-state index is 0.595. The van der Waals surface area contributed by atoms with Gasteiger partial charge < -0.3 is 10.5 Å². The van der Waals surface area contributed by atoms with Gasteiger partial charge in [0.05, 0.1) is 5.54 Å². The number of aldehydes is 1. The standard InChI is InChI=1S/C10H13NO.2C2H6/c1-10(11,8-12)7-9-5-3-2-4-6-9;2*1-2/h2-6,8H,7,11H2,1H3;2*1-2H3. The third-order valence-electron chi connectivity index (χ3n) is 1.70. The van der Waals surface area contributed by atoms with E-state index in [1.165, 1.54) is 0 Å². The molecule has 1 rings (SSSR count). The molecule has 0 aromatic heterocycles. The first-order valence-electron chi connectivity index (χ1n) is 5.93. The summed E-state index contributed by atoms with van der Waals surface area (Å²) in [5, 5.41) is 0. The molecule has 0 aliphatic heterocycles. The van der Waals surface area contributed by atoms with E-state index in [9.17, 15) is 4.79 Å². The number of hydrogen-bond acceptors (Lipinski definition) is 2. The van der Waals surface area contributed by atoms with E-state index in [1.807, 2.05) is 58.0 Å². The Kier molecular flexibility index (Phi) is 11.2. The SMILES string of the molecule is CC.CC.CC(N)(C=O)Cc1ccccc1. The van der Waals surface area contributed by atoms with Crippen LogP contribution in [0.15, 0.2) is 30.3 Å². The monoisotopic (exact) mass is 223 g/mol. The van der Waals surface area contributed by atoms with Crippen molar-refractivity contribution in [3.8, 4) is 0 Å². The third-order valence-corrected chi connectivity index (χ3v) is 1.70. The van der Waals surface area contributed by atoms with Crippen molar-refractivity contribution in [1.82, 2.24) is 0 Å². The molecule has 0 aliphatic rings. The Morgan fingerprint density at radius 2 is 1.56 bits per heavy atom. The molecule has 1 atom stereocenters. The predicted octanol–water partition coefficient (Wildman–Crippen LogP) is 3.20. The molecule has 92 valence electrons. The zero-order chi connectivity index (χ0) is 13.0.